The number of rotatable bonds is 7. The largest absolute Gasteiger partial charge is 0.469 e. The number of hydrogen-bond acceptors (Lipinski definition) is 4. The van der Waals surface area contributed by atoms with Gasteiger partial charge in [0.2, 0.25) is 5.91 Å². The molecule has 1 aromatic carbocycles. The summed E-state index contributed by atoms with van der Waals surface area (Å²) in [7, 11) is 1.35. The Kier molecular flexibility index (Phi) is 7.47. The van der Waals surface area contributed by atoms with Gasteiger partial charge in [0, 0.05) is 10.8 Å². The first-order valence-electron chi connectivity index (χ1n) is 6.22. The molecule has 0 aromatic heterocycles. The monoisotopic (exact) mass is 315 g/mol. The highest BCUT2D eigenvalue weighted by molar-refractivity contribution is 7.99. The molecule has 0 radical (unpaired) electrons. The van der Waals surface area contributed by atoms with Crippen molar-refractivity contribution in [1.29, 1.82) is 0 Å². The maximum absolute atomic E-state index is 11.7. The van der Waals surface area contributed by atoms with Gasteiger partial charge in [-0.05, 0) is 24.6 Å². The van der Waals surface area contributed by atoms with E-state index in [2.05, 4.69) is 10.1 Å². The van der Waals surface area contributed by atoms with Crippen LogP contribution < -0.4 is 5.32 Å². The molecule has 0 aliphatic carbocycles. The molecule has 1 aromatic rings. The van der Waals surface area contributed by atoms with Gasteiger partial charge in [0.1, 0.15) is 0 Å². The first-order chi connectivity index (χ1) is 9.52. The van der Waals surface area contributed by atoms with Crippen molar-refractivity contribution in [2.24, 2.45) is 0 Å². The van der Waals surface area contributed by atoms with E-state index in [0.717, 1.165) is 5.56 Å². The Morgan fingerprint density at radius 1 is 1.45 bits per heavy atom. The van der Waals surface area contributed by atoms with Crippen molar-refractivity contribution in [2.45, 2.75) is 19.4 Å². The summed E-state index contributed by atoms with van der Waals surface area (Å²) in [6, 6.07) is 7.30. The number of benzene rings is 1. The number of methoxy groups -OCH3 is 1. The predicted octanol–water partition coefficient (Wildman–Crippen LogP) is 2.81. The van der Waals surface area contributed by atoms with Crippen LogP contribution in [0.15, 0.2) is 24.3 Å². The van der Waals surface area contributed by atoms with Crippen molar-refractivity contribution in [1.82, 2.24) is 5.32 Å². The van der Waals surface area contributed by atoms with E-state index in [4.69, 9.17) is 11.6 Å². The van der Waals surface area contributed by atoms with Gasteiger partial charge in [-0.3, -0.25) is 9.59 Å². The maximum Gasteiger partial charge on any atom is 0.306 e. The summed E-state index contributed by atoms with van der Waals surface area (Å²) in [5.74, 6) is 0.575. The topological polar surface area (TPSA) is 55.4 Å². The number of thioether (sulfide) groups is 1. The fraction of sp³-hybridized carbons (Fsp3) is 0.429. The summed E-state index contributed by atoms with van der Waals surface area (Å²) >= 11 is 7.32. The Balaban J connectivity index is 2.30. The molecular formula is C14H18ClNO3S. The van der Waals surface area contributed by atoms with Crippen LogP contribution in [0, 0.1) is 0 Å². The summed E-state index contributed by atoms with van der Waals surface area (Å²) < 4.78 is 4.53. The number of ether oxygens (including phenoxy) is 1. The van der Waals surface area contributed by atoms with Crippen LogP contribution in [0.25, 0.3) is 0 Å². The van der Waals surface area contributed by atoms with E-state index >= 15 is 0 Å². The fourth-order valence-corrected chi connectivity index (χ4v) is 2.49. The summed E-state index contributed by atoms with van der Waals surface area (Å²) in [5.41, 5.74) is 0.963. The van der Waals surface area contributed by atoms with Crippen molar-refractivity contribution in [3.05, 3.63) is 34.9 Å². The van der Waals surface area contributed by atoms with E-state index in [1.165, 1.54) is 18.9 Å². The first-order valence-corrected chi connectivity index (χ1v) is 7.75. The summed E-state index contributed by atoms with van der Waals surface area (Å²) in [5, 5.41) is 3.54. The van der Waals surface area contributed by atoms with Gasteiger partial charge >= 0.3 is 5.97 Å². The molecule has 1 rings (SSSR count). The molecule has 0 unspecified atom stereocenters. The third-order valence-corrected chi connectivity index (χ3v) is 3.83. The fourth-order valence-electron chi connectivity index (χ4n) is 1.56. The van der Waals surface area contributed by atoms with Gasteiger partial charge in [-0.15, -0.1) is 0 Å². The number of nitrogens with one attached hydrogen (secondary N) is 1. The van der Waals surface area contributed by atoms with Gasteiger partial charge in [0.05, 0.1) is 25.3 Å². The summed E-state index contributed by atoms with van der Waals surface area (Å²) in [6.45, 7) is 1.91. The Bertz CT molecular complexity index is 467. The molecule has 20 heavy (non-hydrogen) atoms. The van der Waals surface area contributed by atoms with Gasteiger partial charge < -0.3 is 10.1 Å². The second-order valence-electron chi connectivity index (χ2n) is 4.22. The lowest BCUT2D eigenvalue weighted by Crippen LogP contribution is -2.28. The maximum atomic E-state index is 11.7. The molecule has 1 amide bonds. The van der Waals surface area contributed by atoms with Gasteiger partial charge in [-0.25, -0.2) is 0 Å². The Labute approximate surface area is 128 Å². The second-order valence-corrected chi connectivity index (χ2v) is 5.76. The first kappa shape index (κ1) is 16.9. The van der Waals surface area contributed by atoms with Crippen LogP contribution in [0.4, 0.5) is 0 Å². The normalized spacial score (nSPS) is 11.8. The Morgan fingerprint density at radius 3 is 2.85 bits per heavy atom. The van der Waals surface area contributed by atoms with E-state index in [9.17, 15) is 9.59 Å². The Hall–Kier alpha value is -1.20. The second kappa shape index (κ2) is 8.87. The zero-order valence-electron chi connectivity index (χ0n) is 11.5. The molecule has 0 spiro atoms. The van der Waals surface area contributed by atoms with E-state index in [1.807, 2.05) is 25.1 Å². The molecule has 0 aliphatic heterocycles. The zero-order chi connectivity index (χ0) is 15.0. The summed E-state index contributed by atoms with van der Waals surface area (Å²) in [6.07, 6.45) is 0.318. The van der Waals surface area contributed by atoms with E-state index in [0.29, 0.717) is 22.9 Å². The summed E-state index contributed by atoms with van der Waals surface area (Å²) in [4.78, 5) is 22.6. The van der Waals surface area contributed by atoms with Crippen molar-refractivity contribution in [2.75, 3.05) is 18.6 Å². The third kappa shape index (κ3) is 6.30. The molecule has 0 saturated carbocycles. The third-order valence-electron chi connectivity index (χ3n) is 2.64. The Morgan fingerprint density at radius 2 is 2.20 bits per heavy atom. The number of hydrogen-bond donors (Lipinski definition) is 1. The van der Waals surface area contributed by atoms with Crippen LogP contribution in [0.1, 0.15) is 24.9 Å². The molecule has 0 saturated heterocycles. The number of amides is 1. The van der Waals surface area contributed by atoms with Crippen LogP contribution >= 0.6 is 23.4 Å². The average Bonchev–Trinajstić information content (AvgIpc) is 2.43. The molecule has 0 bridgehead atoms. The standard InChI is InChI=1S/C14H18ClNO3S/c1-10(11-4-3-5-12(15)8-11)16-13(17)9-20-7-6-14(18)19-2/h3-5,8,10H,6-7,9H2,1-2H3,(H,16,17)/t10-/m1/s1. The SMILES string of the molecule is COC(=O)CCSCC(=O)N[C@H](C)c1cccc(Cl)c1. The minimum absolute atomic E-state index is 0.0626. The number of carbonyl (C=O) groups is 2. The number of esters is 1. The van der Waals surface area contributed by atoms with Crippen molar-refractivity contribution >= 4 is 35.2 Å². The van der Waals surface area contributed by atoms with Crippen LogP contribution in [0.5, 0.6) is 0 Å². The van der Waals surface area contributed by atoms with E-state index in [1.54, 1.807) is 6.07 Å². The predicted molar refractivity (Wildman–Crippen MR) is 82.0 cm³/mol. The van der Waals surface area contributed by atoms with Gasteiger partial charge in [-0.2, -0.15) is 11.8 Å². The highest BCUT2D eigenvalue weighted by Crippen LogP contribution is 2.17. The lowest BCUT2D eigenvalue weighted by Gasteiger charge is -2.14. The average molecular weight is 316 g/mol. The smallest absolute Gasteiger partial charge is 0.306 e. The van der Waals surface area contributed by atoms with Crippen LogP contribution in [-0.2, 0) is 14.3 Å². The van der Waals surface area contributed by atoms with Crippen LogP contribution in [0.3, 0.4) is 0 Å². The molecule has 0 fully saturated rings. The lowest BCUT2D eigenvalue weighted by atomic mass is 10.1. The minimum atomic E-state index is -0.259. The van der Waals surface area contributed by atoms with Crippen LogP contribution in [-0.4, -0.2) is 30.5 Å². The van der Waals surface area contributed by atoms with Crippen molar-refractivity contribution in [3.63, 3.8) is 0 Å². The van der Waals surface area contributed by atoms with E-state index in [-0.39, 0.29) is 17.9 Å². The highest BCUT2D eigenvalue weighted by Gasteiger charge is 2.10. The van der Waals surface area contributed by atoms with Crippen molar-refractivity contribution < 1.29 is 14.3 Å². The van der Waals surface area contributed by atoms with Gasteiger partial charge in [0.15, 0.2) is 0 Å². The van der Waals surface area contributed by atoms with Crippen molar-refractivity contribution in [3.8, 4) is 0 Å². The molecule has 0 heterocycles. The molecule has 110 valence electrons. The number of carbonyl (C=O) groups excluding carboxylic acids is 2. The molecule has 1 N–H and O–H groups in total. The molecule has 4 nitrogen and oxygen atoms in total. The van der Waals surface area contributed by atoms with Crippen LogP contribution in [0.2, 0.25) is 5.02 Å². The van der Waals surface area contributed by atoms with Gasteiger partial charge in [-0.1, -0.05) is 23.7 Å². The molecule has 6 heteroatoms. The molecule has 0 aliphatic rings. The zero-order valence-corrected chi connectivity index (χ0v) is 13.1. The molecular weight excluding hydrogens is 298 g/mol. The van der Waals surface area contributed by atoms with Gasteiger partial charge in [0.25, 0.3) is 0 Å². The lowest BCUT2D eigenvalue weighted by molar-refractivity contribution is -0.140. The van der Waals surface area contributed by atoms with E-state index < -0.39 is 0 Å². The highest BCUT2D eigenvalue weighted by atomic mass is 35.5. The number of halogens is 1. The molecule has 1 atom stereocenters. The quantitative estimate of drug-likeness (QED) is 0.621. The minimum Gasteiger partial charge on any atom is -0.469 e.